The number of para-hydroxylation sites is 1. The van der Waals surface area contributed by atoms with Crippen molar-refractivity contribution in [2.75, 3.05) is 18.5 Å². The maximum absolute atomic E-state index is 13.8. The quantitative estimate of drug-likeness (QED) is 0.388. The first-order chi connectivity index (χ1) is 16.7. The number of amides is 2. The summed E-state index contributed by atoms with van der Waals surface area (Å²) in [5.41, 5.74) is 4.76. The fourth-order valence-electron chi connectivity index (χ4n) is 4.65. The van der Waals surface area contributed by atoms with Crippen molar-refractivity contribution in [2.45, 2.75) is 12.6 Å². The van der Waals surface area contributed by atoms with Crippen molar-refractivity contribution in [3.8, 4) is 17.2 Å². The number of anilines is 1. The van der Waals surface area contributed by atoms with E-state index < -0.39 is 0 Å². The van der Waals surface area contributed by atoms with Crippen LogP contribution in [-0.4, -0.2) is 28.7 Å². The van der Waals surface area contributed by atoms with Crippen LogP contribution in [0.4, 0.5) is 10.5 Å². The molecule has 1 N–H and O–H groups in total. The van der Waals surface area contributed by atoms with Gasteiger partial charge in [0.25, 0.3) is 0 Å². The summed E-state index contributed by atoms with van der Waals surface area (Å²) in [4.78, 5) is 15.6. The molecule has 0 saturated heterocycles. The molecule has 2 amide bonds. The molecule has 7 heteroatoms. The Morgan fingerprint density at radius 2 is 1.71 bits per heavy atom. The minimum Gasteiger partial charge on any atom is -0.486 e. The summed E-state index contributed by atoms with van der Waals surface area (Å²) in [6, 6.07) is 24.9. The molecule has 0 spiro atoms. The van der Waals surface area contributed by atoms with Crippen LogP contribution in [0.5, 0.6) is 11.5 Å². The number of halogens is 1. The molecule has 170 valence electrons. The molecule has 4 aromatic rings. The van der Waals surface area contributed by atoms with Crippen LogP contribution in [0.25, 0.3) is 5.69 Å². The van der Waals surface area contributed by atoms with E-state index >= 15 is 0 Å². The highest BCUT2D eigenvalue weighted by Crippen LogP contribution is 2.38. The predicted octanol–water partition coefficient (Wildman–Crippen LogP) is 6.04. The van der Waals surface area contributed by atoms with Gasteiger partial charge in [0, 0.05) is 28.7 Å². The lowest BCUT2D eigenvalue weighted by Crippen LogP contribution is -2.37. The van der Waals surface area contributed by atoms with Gasteiger partial charge in [-0.2, -0.15) is 0 Å². The molecule has 6 nitrogen and oxygen atoms in total. The monoisotopic (exact) mass is 471 g/mol. The number of hydrogen-bond donors (Lipinski definition) is 1. The lowest BCUT2D eigenvalue weighted by molar-refractivity contribution is 0.171. The van der Waals surface area contributed by atoms with Gasteiger partial charge >= 0.3 is 6.03 Å². The summed E-state index contributed by atoms with van der Waals surface area (Å²) in [6.07, 6.45) is 2.04. The zero-order valence-corrected chi connectivity index (χ0v) is 19.0. The van der Waals surface area contributed by atoms with Crippen LogP contribution < -0.4 is 14.8 Å². The summed E-state index contributed by atoms with van der Waals surface area (Å²) in [5.74, 6) is 1.32. The number of carbonyl (C=O) groups is 1. The Kier molecular flexibility index (Phi) is 5.15. The molecule has 3 heterocycles. The fraction of sp³-hybridized carbons (Fsp3) is 0.148. The van der Waals surface area contributed by atoms with Crippen molar-refractivity contribution in [3.63, 3.8) is 0 Å². The third-order valence-corrected chi connectivity index (χ3v) is 6.46. The number of carbonyl (C=O) groups excluding carboxylic acids is 1. The minimum atomic E-state index is -0.308. The second-order valence-corrected chi connectivity index (χ2v) is 8.74. The molecule has 2 aliphatic heterocycles. The first-order valence-corrected chi connectivity index (χ1v) is 11.5. The van der Waals surface area contributed by atoms with Crippen molar-refractivity contribution in [1.82, 2.24) is 9.47 Å². The number of urea groups is 1. The average Bonchev–Trinajstić information content (AvgIpc) is 3.29. The smallest absolute Gasteiger partial charge is 0.322 e. The maximum atomic E-state index is 13.8. The molecule has 0 radical (unpaired) electrons. The molecule has 6 rings (SSSR count). The van der Waals surface area contributed by atoms with Gasteiger partial charge in [-0.15, -0.1) is 0 Å². The molecule has 0 aliphatic carbocycles. The van der Waals surface area contributed by atoms with Gasteiger partial charge in [-0.05, 0) is 53.6 Å². The maximum Gasteiger partial charge on any atom is 0.322 e. The zero-order chi connectivity index (χ0) is 23.1. The third-order valence-electron chi connectivity index (χ3n) is 6.20. The number of benzene rings is 3. The SMILES string of the molecule is O=C(Nc1ccc2c(c1)OCCO2)N1Cc2ccccc2-n2cccc2[C@@H]1c1ccc(Cl)cc1. The fourth-order valence-corrected chi connectivity index (χ4v) is 4.78. The van der Waals surface area contributed by atoms with E-state index in [-0.39, 0.29) is 12.1 Å². The van der Waals surface area contributed by atoms with E-state index in [0.29, 0.717) is 42.0 Å². The van der Waals surface area contributed by atoms with Crippen LogP contribution in [-0.2, 0) is 6.54 Å². The number of nitrogens with zero attached hydrogens (tertiary/aromatic N) is 2. The summed E-state index contributed by atoms with van der Waals surface area (Å²) in [5, 5.41) is 3.73. The Labute approximate surface area is 202 Å². The highest BCUT2D eigenvalue weighted by molar-refractivity contribution is 6.30. The Morgan fingerprint density at radius 3 is 2.56 bits per heavy atom. The van der Waals surface area contributed by atoms with E-state index in [2.05, 4.69) is 28.1 Å². The van der Waals surface area contributed by atoms with E-state index in [0.717, 1.165) is 22.5 Å². The number of nitrogens with one attached hydrogen (secondary N) is 1. The van der Waals surface area contributed by atoms with E-state index in [9.17, 15) is 4.79 Å². The van der Waals surface area contributed by atoms with Crippen LogP contribution >= 0.6 is 11.6 Å². The highest BCUT2D eigenvalue weighted by atomic mass is 35.5. The molecule has 34 heavy (non-hydrogen) atoms. The largest absolute Gasteiger partial charge is 0.486 e. The van der Waals surface area contributed by atoms with Gasteiger partial charge in [0.2, 0.25) is 0 Å². The molecular formula is C27H22ClN3O3. The normalized spacial score (nSPS) is 16.3. The highest BCUT2D eigenvalue weighted by Gasteiger charge is 2.33. The van der Waals surface area contributed by atoms with E-state index in [1.165, 1.54) is 0 Å². The standard InChI is InChI=1S/C27H22ClN3O3/c28-20-9-7-18(8-10-20)26-23-6-3-13-30(23)22-5-2-1-4-19(22)17-31(26)27(32)29-21-11-12-24-25(16-21)34-15-14-33-24/h1-13,16,26H,14-15,17H2,(H,29,32)/t26-/m0/s1. The zero-order valence-electron chi connectivity index (χ0n) is 18.3. The topological polar surface area (TPSA) is 55.7 Å². The number of aromatic nitrogens is 1. The van der Waals surface area contributed by atoms with Gasteiger partial charge < -0.3 is 24.3 Å². The van der Waals surface area contributed by atoms with Crippen molar-refractivity contribution in [1.29, 1.82) is 0 Å². The second-order valence-electron chi connectivity index (χ2n) is 8.30. The second kappa shape index (κ2) is 8.47. The van der Waals surface area contributed by atoms with Gasteiger partial charge in [0.1, 0.15) is 13.2 Å². The van der Waals surface area contributed by atoms with E-state index in [4.69, 9.17) is 21.1 Å². The summed E-state index contributed by atoms with van der Waals surface area (Å²) in [7, 11) is 0. The Morgan fingerprint density at radius 1 is 0.912 bits per heavy atom. The first kappa shape index (κ1) is 20.7. The number of hydrogen-bond acceptors (Lipinski definition) is 3. The molecule has 0 fully saturated rings. The van der Waals surface area contributed by atoms with Crippen molar-refractivity contribution >= 4 is 23.3 Å². The first-order valence-electron chi connectivity index (χ1n) is 11.2. The lowest BCUT2D eigenvalue weighted by atomic mass is 10.0. The Balaban J connectivity index is 1.42. The van der Waals surface area contributed by atoms with Gasteiger partial charge in [0.05, 0.1) is 18.3 Å². The minimum absolute atomic E-state index is 0.207. The average molecular weight is 472 g/mol. The molecule has 3 aromatic carbocycles. The van der Waals surface area contributed by atoms with Crippen LogP contribution in [0, 0.1) is 0 Å². The van der Waals surface area contributed by atoms with Crippen molar-refractivity contribution in [2.24, 2.45) is 0 Å². The van der Waals surface area contributed by atoms with Crippen molar-refractivity contribution in [3.05, 3.63) is 107 Å². The molecule has 1 aromatic heterocycles. The van der Waals surface area contributed by atoms with Gasteiger partial charge in [-0.25, -0.2) is 4.79 Å². The van der Waals surface area contributed by atoms with E-state index in [1.54, 1.807) is 6.07 Å². The summed E-state index contributed by atoms with van der Waals surface area (Å²) in [6.45, 7) is 1.46. The van der Waals surface area contributed by atoms with Gasteiger partial charge in [-0.3, -0.25) is 0 Å². The molecule has 1 atom stereocenters. The number of ether oxygens (including phenoxy) is 2. The molecule has 0 bridgehead atoms. The molecule has 0 saturated carbocycles. The van der Waals surface area contributed by atoms with Crippen LogP contribution in [0.3, 0.4) is 0 Å². The summed E-state index contributed by atoms with van der Waals surface area (Å²) < 4.78 is 13.5. The molecule has 2 aliphatic rings. The molecule has 0 unspecified atom stereocenters. The summed E-state index contributed by atoms with van der Waals surface area (Å²) >= 11 is 6.18. The van der Waals surface area contributed by atoms with Crippen LogP contribution in [0.1, 0.15) is 22.9 Å². The van der Waals surface area contributed by atoms with Crippen molar-refractivity contribution < 1.29 is 14.3 Å². The van der Waals surface area contributed by atoms with Gasteiger partial charge in [0.15, 0.2) is 11.5 Å². The Hall–Kier alpha value is -3.90. The van der Waals surface area contributed by atoms with Crippen LogP contribution in [0.15, 0.2) is 85.1 Å². The van der Waals surface area contributed by atoms with E-state index in [1.807, 2.05) is 65.7 Å². The molecular weight excluding hydrogens is 450 g/mol. The predicted molar refractivity (Wildman–Crippen MR) is 131 cm³/mol. The Bertz CT molecular complexity index is 1370. The lowest BCUT2D eigenvalue weighted by Gasteiger charge is -2.31. The van der Waals surface area contributed by atoms with Crippen LogP contribution in [0.2, 0.25) is 5.02 Å². The third kappa shape index (κ3) is 3.66. The number of fused-ring (bicyclic) bond motifs is 4. The number of rotatable bonds is 2. The van der Waals surface area contributed by atoms with Gasteiger partial charge in [-0.1, -0.05) is 41.9 Å².